The SMILES string of the molecule is CC(C)Cn1c(=O)c2c(C(=O)N3C[C@](C)(O)CO3)n(Cc3cccc4ccccc34)cc2n(CC(C)C)c1=O. The van der Waals surface area contributed by atoms with Crippen molar-refractivity contribution in [3.63, 3.8) is 0 Å². The van der Waals surface area contributed by atoms with Crippen molar-refractivity contribution in [3.05, 3.63) is 80.8 Å². The van der Waals surface area contributed by atoms with Crippen molar-refractivity contribution in [2.24, 2.45) is 11.8 Å². The topological polar surface area (TPSA) is 98.7 Å². The van der Waals surface area contributed by atoms with Crippen LogP contribution in [0.2, 0.25) is 0 Å². The van der Waals surface area contributed by atoms with E-state index in [1.54, 1.807) is 22.3 Å². The van der Waals surface area contributed by atoms with E-state index in [2.05, 4.69) is 0 Å². The van der Waals surface area contributed by atoms with Crippen LogP contribution < -0.4 is 11.2 Å². The molecule has 39 heavy (non-hydrogen) atoms. The molecule has 9 nitrogen and oxygen atoms in total. The molecule has 0 spiro atoms. The fraction of sp³-hybridized carbons (Fsp3) is 0.433. The molecule has 206 valence electrons. The van der Waals surface area contributed by atoms with Crippen LogP contribution in [0.25, 0.3) is 21.7 Å². The van der Waals surface area contributed by atoms with Crippen molar-refractivity contribution in [2.45, 2.75) is 59.9 Å². The van der Waals surface area contributed by atoms with Gasteiger partial charge in [-0.25, -0.2) is 9.86 Å². The van der Waals surface area contributed by atoms with Crippen LogP contribution in [-0.4, -0.2) is 48.5 Å². The van der Waals surface area contributed by atoms with Gasteiger partial charge in [-0.1, -0.05) is 70.2 Å². The lowest BCUT2D eigenvalue weighted by molar-refractivity contribution is -0.0801. The maximum absolute atomic E-state index is 14.0. The van der Waals surface area contributed by atoms with Gasteiger partial charge in [0.2, 0.25) is 0 Å². The number of β-amino-alcohol motifs (C(OH)–C–C–N with tert-alkyl or cyclic N) is 1. The first-order valence-electron chi connectivity index (χ1n) is 13.5. The third-order valence-corrected chi connectivity index (χ3v) is 7.03. The lowest BCUT2D eigenvalue weighted by atomic mass is 10.0. The minimum Gasteiger partial charge on any atom is -0.386 e. The van der Waals surface area contributed by atoms with E-state index in [0.717, 1.165) is 21.4 Å². The maximum atomic E-state index is 14.0. The number of fused-ring (bicyclic) bond motifs is 2. The van der Waals surface area contributed by atoms with Gasteiger partial charge in [-0.05, 0) is 35.1 Å². The van der Waals surface area contributed by atoms with E-state index in [0.29, 0.717) is 18.6 Å². The average Bonchev–Trinajstić information content (AvgIpc) is 3.44. The van der Waals surface area contributed by atoms with Crippen molar-refractivity contribution in [1.82, 2.24) is 18.8 Å². The van der Waals surface area contributed by atoms with Gasteiger partial charge in [0.25, 0.3) is 11.5 Å². The van der Waals surface area contributed by atoms with E-state index in [-0.39, 0.29) is 48.3 Å². The first kappa shape index (κ1) is 26.9. The first-order valence-corrected chi connectivity index (χ1v) is 13.5. The fourth-order valence-electron chi connectivity index (χ4n) is 5.33. The zero-order valence-corrected chi connectivity index (χ0v) is 23.2. The number of carbonyl (C=O) groups excluding carboxylic acids is 1. The summed E-state index contributed by atoms with van der Waals surface area (Å²) in [6.45, 7) is 10.4. The van der Waals surface area contributed by atoms with Crippen LogP contribution in [0.15, 0.2) is 58.3 Å². The molecule has 1 amide bonds. The fourth-order valence-corrected chi connectivity index (χ4v) is 5.33. The molecule has 1 saturated heterocycles. The molecular formula is C30H36N4O5. The second-order valence-corrected chi connectivity index (χ2v) is 11.7. The van der Waals surface area contributed by atoms with Crippen LogP contribution in [0.1, 0.15) is 50.7 Å². The Kier molecular flexibility index (Phi) is 6.99. The Morgan fingerprint density at radius 1 is 1.00 bits per heavy atom. The normalized spacial score (nSPS) is 17.8. The van der Waals surface area contributed by atoms with Gasteiger partial charge < -0.3 is 9.67 Å². The average molecular weight is 533 g/mol. The summed E-state index contributed by atoms with van der Waals surface area (Å²) in [4.78, 5) is 47.1. The molecule has 2 aromatic heterocycles. The lowest BCUT2D eigenvalue weighted by Gasteiger charge is -2.18. The summed E-state index contributed by atoms with van der Waals surface area (Å²) in [6, 6.07) is 14.0. The van der Waals surface area contributed by atoms with Crippen LogP contribution >= 0.6 is 0 Å². The number of nitrogens with zero attached hydrogens (tertiary/aromatic N) is 4. The highest BCUT2D eigenvalue weighted by atomic mass is 16.7. The Hall–Kier alpha value is -3.69. The van der Waals surface area contributed by atoms with Gasteiger partial charge in [0.15, 0.2) is 0 Å². The predicted octanol–water partition coefficient (Wildman–Crippen LogP) is 3.62. The van der Waals surface area contributed by atoms with Crippen molar-refractivity contribution in [2.75, 3.05) is 13.2 Å². The number of hydrogen-bond acceptors (Lipinski definition) is 5. The Bertz CT molecular complexity index is 1670. The zero-order valence-electron chi connectivity index (χ0n) is 23.2. The van der Waals surface area contributed by atoms with Gasteiger partial charge in [-0.2, -0.15) is 0 Å². The molecule has 1 aliphatic rings. The molecule has 5 rings (SSSR count). The summed E-state index contributed by atoms with van der Waals surface area (Å²) in [7, 11) is 0. The van der Waals surface area contributed by atoms with Crippen LogP contribution in [0.3, 0.4) is 0 Å². The molecule has 0 saturated carbocycles. The summed E-state index contributed by atoms with van der Waals surface area (Å²) < 4.78 is 4.61. The number of benzene rings is 2. The second-order valence-electron chi connectivity index (χ2n) is 11.7. The van der Waals surface area contributed by atoms with Gasteiger partial charge in [0, 0.05) is 25.8 Å². The van der Waals surface area contributed by atoms with Crippen LogP contribution in [0, 0.1) is 11.8 Å². The quantitative estimate of drug-likeness (QED) is 0.392. The molecule has 1 aliphatic heterocycles. The maximum Gasteiger partial charge on any atom is 0.331 e. The first-order chi connectivity index (χ1) is 18.5. The highest BCUT2D eigenvalue weighted by Crippen LogP contribution is 2.27. The molecule has 0 unspecified atom stereocenters. The molecule has 0 aliphatic carbocycles. The predicted molar refractivity (Wildman–Crippen MR) is 151 cm³/mol. The van der Waals surface area contributed by atoms with E-state index >= 15 is 0 Å². The number of amides is 1. The standard InChI is InChI=1S/C30H36N4O5/c1-19(2)13-32-24-16-31(15-22-11-8-10-21-9-6-7-12-23(21)22)26(28(36)34-17-30(5,38)18-39-34)25(24)27(35)33(29(32)37)14-20(3)4/h6-12,16,19-20,38H,13-15,17-18H2,1-5H3/t30-/m0/s1. The number of aliphatic hydroxyl groups is 1. The molecule has 0 radical (unpaired) electrons. The zero-order chi connectivity index (χ0) is 28.1. The number of carbonyl (C=O) groups is 1. The lowest BCUT2D eigenvalue weighted by Crippen LogP contribution is -2.42. The van der Waals surface area contributed by atoms with Gasteiger partial charge in [-0.3, -0.25) is 23.6 Å². The van der Waals surface area contributed by atoms with Crippen molar-refractivity contribution >= 4 is 27.6 Å². The van der Waals surface area contributed by atoms with Gasteiger partial charge >= 0.3 is 5.69 Å². The number of hydrogen-bond donors (Lipinski definition) is 1. The van der Waals surface area contributed by atoms with Crippen molar-refractivity contribution < 1.29 is 14.7 Å². The van der Waals surface area contributed by atoms with Gasteiger partial charge in [0.1, 0.15) is 17.9 Å². The highest BCUT2D eigenvalue weighted by molar-refractivity contribution is 6.05. The van der Waals surface area contributed by atoms with Gasteiger partial charge in [-0.15, -0.1) is 0 Å². The molecule has 3 heterocycles. The Morgan fingerprint density at radius 2 is 1.67 bits per heavy atom. The second kappa shape index (κ2) is 10.1. The van der Waals surface area contributed by atoms with E-state index in [9.17, 15) is 19.5 Å². The molecule has 1 atom stereocenters. The molecule has 4 aromatic rings. The van der Waals surface area contributed by atoms with Gasteiger partial charge in [0.05, 0.1) is 17.4 Å². The van der Waals surface area contributed by atoms with E-state index in [1.165, 1.54) is 4.57 Å². The molecular weight excluding hydrogens is 496 g/mol. The largest absolute Gasteiger partial charge is 0.386 e. The summed E-state index contributed by atoms with van der Waals surface area (Å²) in [5.41, 5.74) is -0.525. The van der Waals surface area contributed by atoms with Crippen molar-refractivity contribution in [3.8, 4) is 0 Å². The van der Waals surface area contributed by atoms with E-state index < -0.39 is 17.1 Å². The minimum atomic E-state index is -1.20. The van der Waals surface area contributed by atoms with Crippen molar-refractivity contribution in [1.29, 1.82) is 0 Å². The third-order valence-electron chi connectivity index (χ3n) is 7.03. The summed E-state index contributed by atoms with van der Waals surface area (Å²) in [5.74, 6) is -0.339. The summed E-state index contributed by atoms with van der Waals surface area (Å²) >= 11 is 0. The number of hydroxylamine groups is 2. The van der Waals surface area contributed by atoms with Crippen LogP contribution in [0.4, 0.5) is 0 Å². The molecule has 1 fully saturated rings. The summed E-state index contributed by atoms with van der Waals surface area (Å²) in [5, 5.41) is 13.9. The monoisotopic (exact) mass is 532 g/mol. The molecule has 2 aromatic carbocycles. The molecule has 1 N–H and O–H groups in total. The number of rotatable bonds is 7. The van der Waals surface area contributed by atoms with Crippen LogP contribution in [-0.2, 0) is 24.5 Å². The summed E-state index contributed by atoms with van der Waals surface area (Å²) in [6.07, 6.45) is 1.74. The smallest absolute Gasteiger partial charge is 0.331 e. The Labute approximate surface area is 226 Å². The highest BCUT2D eigenvalue weighted by Gasteiger charge is 2.38. The molecule has 9 heteroatoms. The van der Waals surface area contributed by atoms with Crippen LogP contribution in [0.5, 0.6) is 0 Å². The number of aromatic nitrogens is 3. The Morgan fingerprint density at radius 3 is 2.33 bits per heavy atom. The molecule has 0 bridgehead atoms. The minimum absolute atomic E-state index is 0.0292. The van der Waals surface area contributed by atoms with E-state index in [4.69, 9.17) is 4.84 Å². The van der Waals surface area contributed by atoms with E-state index in [1.807, 2.05) is 70.2 Å². The third kappa shape index (κ3) is 5.04. The Balaban J connectivity index is 1.79.